The van der Waals surface area contributed by atoms with E-state index in [0.717, 1.165) is 17.0 Å². The number of hydrogen-bond acceptors (Lipinski definition) is 5. The van der Waals surface area contributed by atoms with Crippen LogP contribution in [-0.4, -0.2) is 37.3 Å². The Morgan fingerprint density at radius 3 is 2.33 bits per heavy atom. The van der Waals surface area contributed by atoms with E-state index in [4.69, 9.17) is 0 Å². The Hall–Kier alpha value is -3.78. The summed E-state index contributed by atoms with van der Waals surface area (Å²) >= 11 is 1.35. The molecular weight excluding hydrogens is 438 g/mol. The molecule has 0 aliphatic carbocycles. The molecule has 33 heavy (non-hydrogen) atoms. The Bertz CT molecular complexity index is 1180. The number of amides is 3. The fourth-order valence-corrected chi connectivity index (χ4v) is 4.52. The summed E-state index contributed by atoms with van der Waals surface area (Å²) < 4.78 is 4.56. The molecule has 2 N–H and O–H groups in total. The highest BCUT2D eigenvalue weighted by Crippen LogP contribution is 2.30. The number of anilines is 3. The highest BCUT2D eigenvalue weighted by atomic mass is 32.2. The number of rotatable bonds is 6. The van der Waals surface area contributed by atoms with Crippen molar-refractivity contribution in [1.82, 2.24) is 0 Å². The molecule has 0 spiro atoms. The number of nitrogens with zero attached hydrogens (tertiary/aromatic N) is 1. The van der Waals surface area contributed by atoms with Crippen molar-refractivity contribution < 1.29 is 19.1 Å². The summed E-state index contributed by atoms with van der Waals surface area (Å²) in [6.07, 6.45) is 0.296. The molecule has 4 rings (SSSR count). The maximum absolute atomic E-state index is 12.9. The number of fused-ring (bicyclic) bond motifs is 1. The first-order chi connectivity index (χ1) is 16.0. The molecule has 3 amide bonds. The van der Waals surface area contributed by atoms with Crippen molar-refractivity contribution in [3.8, 4) is 0 Å². The average Bonchev–Trinajstić information content (AvgIpc) is 3.28. The van der Waals surface area contributed by atoms with Gasteiger partial charge in [0.15, 0.2) is 0 Å². The van der Waals surface area contributed by atoms with Crippen LogP contribution in [0.25, 0.3) is 0 Å². The Morgan fingerprint density at radius 2 is 1.58 bits per heavy atom. The van der Waals surface area contributed by atoms with Crippen molar-refractivity contribution in [3.05, 3.63) is 83.9 Å². The molecule has 0 atom stereocenters. The van der Waals surface area contributed by atoms with Crippen LogP contribution in [0.2, 0.25) is 0 Å². The molecule has 168 valence electrons. The van der Waals surface area contributed by atoms with Crippen molar-refractivity contribution >= 4 is 46.7 Å². The van der Waals surface area contributed by atoms with Crippen LogP contribution < -0.4 is 15.5 Å². The van der Waals surface area contributed by atoms with E-state index in [1.54, 1.807) is 36.4 Å². The van der Waals surface area contributed by atoms with Crippen molar-refractivity contribution in [3.63, 3.8) is 0 Å². The molecular formula is C25H23N3O4S. The number of ether oxygens (including phenoxy) is 1. The molecule has 0 radical (unpaired) electrons. The van der Waals surface area contributed by atoms with Gasteiger partial charge in [-0.3, -0.25) is 14.9 Å². The van der Waals surface area contributed by atoms with Gasteiger partial charge in [-0.05, 0) is 54.4 Å². The molecule has 0 unspecified atom stereocenters. The zero-order chi connectivity index (χ0) is 23.2. The van der Waals surface area contributed by atoms with Gasteiger partial charge in [0.25, 0.3) is 5.91 Å². The predicted molar refractivity (Wildman–Crippen MR) is 130 cm³/mol. The van der Waals surface area contributed by atoms with Gasteiger partial charge in [-0.2, -0.15) is 0 Å². The maximum Gasteiger partial charge on any atom is 0.411 e. The predicted octanol–water partition coefficient (Wildman–Crippen LogP) is 4.80. The lowest BCUT2D eigenvalue weighted by Crippen LogP contribution is -2.30. The van der Waals surface area contributed by atoms with Crippen LogP contribution in [0.15, 0.2) is 77.7 Å². The first-order valence-corrected chi connectivity index (χ1v) is 11.4. The minimum atomic E-state index is -0.565. The molecule has 8 heteroatoms. The minimum absolute atomic E-state index is 0.0221. The number of thioether (sulfide) groups is 1. The monoisotopic (exact) mass is 461 g/mol. The van der Waals surface area contributed by atoms with Gasteiger partial charge in [0.1, 0.15) is 0 Å². The van der Waals surface area contributed by atoms with Crippen LogP contribution in [0.1, 0.15) is 15.9 Å². The highest BCUT2D eigenvalue weighted by Gasteiger charge is 2.24. The molecule has 0 fully saturated rings. The molecule has 0 saturated heterocycles. The molecule has 1 aliphatic heterocycles. The van der Waals surface area contributed by atoms with E-state index in [0.29, 0.717) is 23.5 Å². The van der Waals surface area contributed by atoms with Crippen molar-refractivity contribution in [2.45, 2.75) is 11.3 Å². The van der Waals surface area contributed by atoms with Gasteiger partial charge < -0.3 is 15.0 Å². The lowest BCUT2D eigenvalue weighted by atomic mass is 10.2. The standard InChI is InChI=1S/C25H23N3O4S/c1-32-25(31)27-19-12-10-18(11-13-19)26-24(30)20-7-3-5-9-22(20)33-16-23(29)28-15-14-17-6-2-4-8-21(17)28/h2-13H,14-16H2,1H3,(H,26,30)(H,27,31). The quantitative estimate of drug-likeness (QED) is 0.515. The van der Waals surface area contributed by atoms with Crippen LogP contribution in [-0.2, 0) is 16.0 Å². The second kappa shape index (κ2) is 10.2. The first kappa shape index (κ1) is 22.4. The Balaban J connectivity index is 1.39. The van der Waals surface area contributed by atoms with Crippen LogP contribution in [0.5, 0.6) is 0 Å². The second-order valence-corrected chi connectivity index (χ2v) is 8.37. The topological polar surface area (TPSA) is 87.7 Å². The third kappa shape index (κ3) is 5.35. The van der Waals surface area contributed by atoms with E-state index in [1.165, 1.54) is 24.4 Å². The van der Waals surface area contributed by atoms with E-state index >= 15 is 0 Å². The number of methoxy groups -OCH3 is 1. The summed E-state index contributed by atoms with van der Waals surface area (Å²) in [5.41, 5.74) is 3.79. The first-order valence-electron chi connectivity index (χ1n) is 10.4. The molecule has 1 aliphatic rings. The van der Waals surface area contributed by atoms with Gasteiger partial charge in [0.05, 0.1) is 18.4 Å². The minimum Gasteiger partial charge on any atom is -0.453 e. The van der Waals surface area contributed by atoms with Gasteiger partial charge in [0, 0.05) is 28.5 Å². The zero-order valence-electron chi connectivity index (χ0n) is 18.0. The van der Waals surface area contributed by atoms with Crippen molar-refractivity contribution in [1.29, 1.82) is 0 Å². The number of nitrogens with one attached hydrogen (secondary N) is 2. The molecule has 0 saturated carbocycles. The summed E-state index contributed by atoms with van der Waals surface area (Å²) in [7, 11) is 1.29. The van der Waals surface area contributed by atoms with E-state index in [2.05, 4.69) is 15.4 Å². The highest BCUT2D eigenvalue weighted by molar-refractivity contribution is 8.00. The fourth-order valence-electron chi connectivity index (χ4n) is 3.60. The van der Waals surface area contributed by atoms with E-state index < -0.39 is 6.09 Å². The lowest BCUT2D eigenvalue weighted by Gasteiger charge is -2.17. The normalized spacial score (nSPS) is 12.1. The van der Waals surface area contributed by atoms with Crippen LogP contribution >= 0.6 is 11.8 Å². The van der Waals surface area contributed by atoms with E-state index in [-0.39, 0.29) is 17.6 Å². The third-order valence-electron chi connectivity index (χ3n) is 5.25. The number of hydrogen-bond donors (Lipinski definition) is 2. The zero-order valence-corrected chi connectivity index (χ0v) is 18.9. The van der Waals surface area contributed by atoms with Gasteiger partial charge >= 0.3 is 6.09 Å². The molecule has 1 heterocycles. The number of carbonyl (C=O) groups excluding carboxylic acids is 3. The average molecular weight is 462 g/mol. The van der Waals surface area contributed by atoms with Crippen LogP contribution in [0.4, 0.5) is 21.9 Å². The van der Waals surface area contributed by atoms with Gasteiger partial charge in [-0.25, -0.2) is 4.79 Å². The van der Waals surface area contributed by atoms with Crippen LogP contribution in [0, 0.1) is 0 Å². The van der Waals surface area contributed by atoms with Gasteiger partial charge in [-0.15, -0.1) is 11.8 Å². The smallest absolute Gasteiger partial charge is 0.411 e. The summed E-state index contributed by atoms with van der Waals surface area (Å²) in [5, 5.41) is 5.41. The molecule has 3 aromatic rings. The number of para-hydroxylation sites is 1. The molecule has 0 bridgehead atoms. The Labute approximate surface area is 196 Å². The van der Waals surface area contributed by atoms with Crippen molar-refractivity contribution in [2.24, 2.45) is 0 Å². The number of carbonyl (C=O) groups is 3. The summed E-state index contributed by atoms with van der Waals surface area (Å²) in [6.45, 7) is 0.682. The summed E-state index contributed by atoms with van der Waals surface area (Å²) in [5.74, 6) is -0.00779. The lowest BCUT2D eigenvalue weighted by molar-refractivity contribution is -0.116. The Morgan fingerprint density at radius 1 is 0.909 bits per heavy atom. The second-order valence-electron chi connectivity index (χ2n) is 7.36. The van der Waals surface area contributed by atoms with Gasteiger partial charge in [0.2, 0.25) is 5.91 Å². The Kier molecular flexibility index (Phi) is 6.95. The largest absolute Gasteiger partial charge is 0.453 e. The summed E-state index contributed by atoms with van der Waals surface area (Å²) in [6, 6.07) is 21.9. The van der Waals surface area contributed by atoms with Crippen molar-refractivity contribution in [2.75, 3.05) is 34.9 Å². The SMILES string of the molecule is COC(=O)Nc1ccc(NC(=O)c2ccccc2SCC(=O)N2CCc3ccccc32)cc1. The number of benzene rings is 3. The van der Waals surface area contributed by atoms with E-state index in [9.17, 15) is 14.4 Å². The molecule has 3 aromatic carbocycles. The fraction of sp³-hybridized carbons (Fsp3) is 0.160. The van der Waals surface area contributed by atoms with E-state index in [1.807, 2.05) is 41.3 Å². The third-order valence-corrected chi connectivity index (χ3v) is 6.30. The molecule has 0 aromatic heterocycles. The maximum atomic E-state index is 12.9. The van der Waals surface area contributed by atoms with Gasteiger partial charge in [-0.1, -0.05) is 30.3 Å². The summed E-state index contributed by atoms with van der Waals surface area (Å²) in [4.78, 5) is 39.6. The molecule has 7 nitrogen and oxygen atoms in total. The van der Waals surface area contributed by atoms with Crippen LogP contribution in [0.3, 0.4) is 0 Å².